The molecule has 1 atom stereocenters. The lowest BCUT2D eigenvalue weighted by Crippen LogP contribution is -2.29. The molecule has 0 saturated carbocycles. The summed E-state index contributed by atoms with van der Waals surface area (Å²) >= 11 is 1.83. The highest BCUT2D eigenvalue weighted by Crippen LogP contribution is 2.17. The van der Waals surface area contributed by atoms with Crippen LogP contribution >= 0.6 is 11.8 Å². The Morgan fingerprint density at radius 3 is 3.00 bits per heavy atom. The molecule has 1 unspecified atom stereocenters. The van der Waals surface area contributed by atoms with Crippen LogP contribution in [0.3, 0.4) is 0 Å². The van der Waals surface area contributed by atoms with Gasteiger partial charge in [0.15, 0.2) is 5.17 Å². The van der Waals surface area contributed by atoms with Gasteiger partial charge in [-0.3, -0.25) is 4.99 Å². The number of nitrogens with one attached hydrogen (secondary N) is 1. The molecule has 0 bridgehead atoms. The number of aliphatic imine (C=N–C) groups is 1. The van der Waals surface area contributed by atoms with Gasteiger partial charge in [0.25, 0.3) is 0 Å². The molecule has 104 valence electrons. The minimum atomic E-state index is 0.512. The van der Waals surface area contributed by atoms with Gasteiger partial charge in [-0.2, -0.15) is 0 Å². The van der Waals surface area contributed by atoms with Crippen LogP contribution < -0.4 is 5.32 Å². The maximum atomic E-state index is 5.30. The SMILES string of the molecule is CCOCCCN=C1NC(Cc2ccccc2)CS1. The van der Waals surface area contributed by atoms with E-state index in [2.05, 4.69) is 40.6 Å². The summed E-state index contributed by atoms with van der Waals surface area (Å²) in [6.45, 7) is 4.48. The topological polar surface area (TPSA) is 33.6 Å². The normalized spacial score (nSPS) is 20.7. The van der Waals surface area contributed by atoms with E-state index in [0.29, 0.717) is 6.04 Å². The number of nitrogens with zero attached hydrogens (tertiary/aromatic N) is 1. The first-order valence-corrected chi connectivity index (χ1v) is 7.92. The number of benzene rings is 1. The summed E-state index contributed by atoms with van der Waals surface area (Å²) in [5.41, 5.74) is 1.39. The predicted molar refractivity (Wildman–Crippen MR) is 82.9 cm³/mol. The first-order chi connectivity index (χ1) is 9.38. The van der Waals surface area contributed by atoms with Crippen molar-refractivity contribution in [2.24, 2.45) is 4.99 Å². The van der Waals surface area contributed by atoms with Crippen molar-refractivity contribution in [3.8, 4) is 0 Å². The number of thioether (sulfide) groups is 1. The highest BCUT2D eigenvalue weighted by atomic mass is 32.2. The smallest absolute Gasteiger partial charge is 0.156 e. The minimum absolute atomic E-state index is 0.512. The van der Waals surface area contributed by atoms with Crippen LogP contribution in [0.15, 0.2) is 35.3 Å². The van der Waals surface area contributed by atoms with E-state index >= 15 is 0 Å². The molecule has 3 nitrogen and oxygen atoms in total. The number of rotatable bonds is 7. The Balaban J connectivity index is 1.69. The van der Waals surface area contributed by atoms with E-state index in [-0.39, 0.29) is 0 Å². The van der Waals surface area contributed by atoms with Crippen LogP contribution in [0.1, 0.15) is 18.9 Å². The Bertz CT molecular complexity index is 394. The average Bonchev–Trinajstić information content (AvgIpc) is 2.87. The van der Waals surface area contributed by atoms with Crippen molar-refractivity contribution in [1.82, 2.24) is 5.32 Å². The third-order valence-corrected chi connectivity index (χ3v) is 4.07. The van der Waals surface area contributed by atoms with Gasteiger partial charge in [-0.15, -0.1) is 0 Å². The Hall–Kier alpha value is -1.00. The molecular weight excluding hydrogens is 256 g/mol. The van der Waals surface area contributed by atoms with E-state index in [4.69, 9.17) is 4.74 Å². The van der Waals surface area contributed by atoms with E-state index in [0.717, 1.165) is 43.5 Å². The minimum Gasteiger partial charge on any atom is -0.382 e. The predicted octanol–water partition coefficient (Wildman–Crippen LogP) is 2.72. The second-order valence-corrected chi connectivity index (χ2v) is 5.59. The van der Waals surface area contributed by atoms with Crippen LogP contribution in [0.4, 0.5) is 0 Å². The molecular formula is C15H22N2OS. The largest absolute Gasteiger partial charge is 0.382 e. The third kappa shape index (κ3) is 5.25. The molecule has 0 amide bonds. The fourth-order valence-corrected chi connectivity index (χ4v) is 3.02. The van der Waals surface area contributed by atoms with E-state index in [9.17, 15) is 0 Å². The number of amidine groups is 1. The van der Waals surface area contributed by atoms with Crippen LogP contribution in [-0.2, 0) is 11.2 Å². The third-order valence-electron chi connectivity index (χ3n) is 2.98. The molecule has 0 aromatic heterocycles. The molecule has 2 rings (SSSR count). The van der Waals surface area contributed by atoms with Crippen molar-refractivity contribution in [3.63, 3.8) is 0 Å². The zero-order valence-corrected chi connectivity index (χ0v) is 12.3. The van der Waals surface area contributed by atoms with Crippen molar-refractivity contribution >= 4 is 16.9 Å². The maximum Gasteiger partial charge on any atom is 0.156 e. The second kappa shape index (κ2) is 8.23. The zero-order valence-electron chi connectivity index (χ0n) is 11.5. The number of ether oxygens (including phenoxy) is 1. The monoisotopic (exact) mass is 278 g/mol. The summed E-state index contributed by atoms with van der Waals surface area (Å²) in [4.78, 5) is 4.58. The lowest BCUT2D eigenvalue weighted by Gasteiger charge is -2.09. The van der Waals surface area contributed by atoms with Gasteiger partial charge < -0.3 is 10.1 Å². The van der Waals surface area contributed by atoms with Gasteiger partial charge in [-0.05, 0) is 25.3 Å². The van der Waals surface area contributed by atoms with Gasteiger partial charge in [0.2, 0.25) is 0 Å². The maximum absolute atomic E-state index is 5.30. The summed E-state index contributed by atoms with van der Waals surface area (Å²) in [6.07, 6.45) is 2.08. The fourth-order valence-electron chi connectivity index (χ4n) is 2.03. The van der Waals surface area contributed by atoms with Crippen LogP contribution in [0.2, 0.25) is 0 Å². The molecule has 1 aromatic rings. The lowest BCUT2D eigenvalue weighted by molar-refractivity contribution is 0.146. The van der Waals surface area contributed by atoms with E-state index in [1.54, 1.807) is 0 Å². The molecule has 1 saturated heterocycles. The molecule has 1 aromatic carbocycles. The van der Waals surface area contributed by atoms with Gasteiger partial charge in [0.05, 0.1) is 0 Å². The van der Waals surface area contributed by atoms with E-state index < -0.39 is 0 Å². The zero-order chi connectivity index (χ0) is 13.3. The molecule has 1 fully saturated rings. The van der Waals surface area contributed by atoms with Crippen molar-refractivity contribution < 1.29 is 4.74 Å². The summed E-state index contributed by atoms with van der Waals surface area (Å²) in [5.74, 6) is 1.11. The Morgan fingerprint density at radius 2 is 2.21 bits per heavy atom. The van der Waals surface area contributed by atoms with Gasteiger partial charge in [0.1, 0.15) is 0 Å². The highest BCUT2D eigenvalue weighted by molar-refractivity contribution is 8.14. The average molecular weight is 278 g/mol. The van der Waals surface area contributed by atoms with Gasteiger partial charge >= 0.3 is 0 Å². The molecule has 0 radical (unpaired) electrons. The quantitative estimate of drug-likeness (QED) is 0.779. The summed E-state index contributed by atoms with van der Waals surface area (Å²) in [5, 5.41) is 4.60. The van der Waals surface area contributed by atoms with Crippen molar-refractivity contribution in [3.05, 3.63) is 35.9 Å². The molecule has 4 heteroatoms. The van der Waals surface area contributed by atoms with Gasteiger partial charge in [0, 0.05) is 31.6 Å². The first kappa shape index (κ1) is 14.4. The van der Waals surface area contributed by atoms with E-state index in [1.807, 2.05) is 18.7 Å². The molecule has 19 heavy (non-hydrogen) atoms. The Kier molecular flexibility index (Phi) is 6.24. The molecule has 1 aliphatic heterocycles. The first-order valence-electron chi connectivity index (χ1n) is 6.94. The molecule has 1 heterocycles. The van der Waals surface area contributed by atoms with Crippen molar-refractivity contribution in [1.29, 1.82) is 0 Å². The summed E-state index contributed by atoms with van der Waals surface area (Å²) in [7, 11) is 0. The van der Waals surface area contributed by atoms with Gasteiger partial charge in [-0.1, -0.05) is 42.1 Å². The molecule has 0 aliphatic carbocycles. The molecule has 1 aliphatic rings. The summed E-state index contributed by atoms with van der Waals surface area (Å²) in [6, 6.07) is 11.1. The van der Waals surface area contributed by atoms with Crippen LogP contribution in [0, 0.1) is 0 Å². The standard InChI is InChI=1S/C15H22N2OS/c1-2-18-10-6-9-16-15-17-14(12-19-15)11-13-7-4-3-5-8-13/h3-5,7-8,14H,2,6,9-12H2,1H3,(H,16,17). The lowest BCUT2D eigenvalue weighted by atomic mass is 10.1. The number of hydrogen-bond acceptors (Lipinski definition) is 3. The molecule has 1 N–H and O–H groups in total. The van der Waals surface area contributed by atoms with Crippen LogP contribution in [0.5, 0.6) is 0 Å². The van der Waals surface area contributed by atoms with Crippen molar-refractivity contribution in [2.75, 3.05) is 25.5 Å². The van der Waals surface area contributed by atoms with Crippen LogP contribution in [-0.4, -0.2) is 36.7 Å². The number of hydrogen-bond donors (Lipinski definition) is 1. The second-order valence-electron chi connectivity index (χ2n) is 4.58. The molecule has 0 spiro atoms. The van der Waals surface area contributed by atoms with Crippen molar-refractivity contribution in [2.45, 2.75) is 25.8 Å². The van der Waals surface area contributed by atoms with Crippen LogP contribution in [0.25, 0.3) is 0 Å². The fraction of sp³-hybridized carbons (Fsp3) is 0.533. The highest BCUT2D eigenvalue weighted by Gasteiger charge is 2.19. The summed E-state index contributed by atoms with van der Waals surface area (Å²) < 4.78 is 5.30. The Labute approximate surface area is 119 Å². The van der Waals surface area contributed by atoms with Gasteiger partial charge in [-0.25, -0.2) is 0 Å². The van der Waals surface area contributed by atoms with E-state index in [1.165, 1.54) is 5.56 Å². The Morgan fingerprint density at radius 1 is 1.37 bits per heavy atom.